The smallest absolute Gasteiger partial charge is 0.234 e. The van der Waals surface area contributed by atoms with Crippen LogP contribution in [-0.2, 0) is 4.79 Å². The number of rotatable bonds is 7. The number of nitrogens with zero attached hydrogens (tertiary/aromatic N) is 2. The van der Waals surface area contributed by atoms with Gasteiger partial charge in [0.1, 0.15) is 0 Å². The Kier molecular flexibility index (Phi) is 7.80. The molecule has 2 N–H and O–H groups in total. The van der Waals surface area contributed by atoms with Crippen molar-refractivity contribution in [2.45, 2.75) is 51.5 Å². The molecular formula is C18H35N3O2. The number of likely N-dealkylation sites (N-methyl/N-ethyl adjacent to an activating group) is 1. The maximum atomic E-state index is 12.3. The highest BCUT2D eigenvalue weighted by Gasteiger charge is 2.24. The summed E-state index contributed by atoms with van der Waals surface area (Å²) in [6.07, 6.45) is 7.28. The van der Waals surface area contributed by atoms with Crippen LogP contribution in [-0.4, -0.2) is 73.2 Å². The minimum Gasteiger partial charge on any atom is -0.395 e. The number of nitrogens with one attached hydrogen (secondary N) is 1. The molecule has 0 spiro atoms. The van der Waals surface area contributed by atoms with Crippen LogP contribution in [0.3, 0.4) is 0 Å². The monoisotopic (exact) mass is 325 g/mol. The molecule has 0 aromatic carbocycles. The van der Waals surface area contributed by atoms with Gasteiger partial charge in [-0.25, -0.2) is 0 Å². The number of piperidine rings is 1. The molecule has 1 saturated carbocycles. The van der Waals surface area contributed by atoms with E-state index in [1.807, 2.05) is 0 Å². The molecule has 1 saturated heterocycles. The molecule has 1 aliphatic carbocycles. The number of aliphatic hydroxyl groups is 1. The Balaban J connectivity index is 1.64. The summed E-state index contributed by atoms with van der Waals surface area (Å²) in [5.74, 6) is 1.48. The van der Waals surface area contributed by atoms with E-state index in [1.54, 1.807) is 0 Å². The van der Waals surface area contributed by atoms with E-state index in [9.17, 15) is 4.79 Å². The highest BCUT2D eigenvalue weighted by molar-refractivity contribution is 5.78. The van der Waals surface area contributed by atoms with E-state index in [0.29, 0.717) is 24.4 Å². The predicted molar refractivity (Wildman–Crippen MR) is 93.3 cm³/mol. The second-order valence-electron chi connectivity index (χ2n) is 7.64. The van der Waals surface area contributed by atoms with E-state index < -0.39 is 0 Å². The lowest BCUT2D eigenvalue weighted by atomic mass is 9.86. The Bertz CT molecular complexity index is 356. The topological polar surface area (TPSA) is 55.8 Å². The van der Waals surface area contributed by atoms with E-state index in [1.165, 1.54) is 32.1 Å². The van der Waals surface area contributed by atoms with Crippen molar-refractivity contribution < 1.29 is 9.90 Å². The van der Waals surface area contributed by atoms with Crippen LogP contribution in [0.4, 0.5) is 0 Å². The van der Waals surface area contributed by atoms with Crippen molar-refractivity contribution in [3.8, 4) is 0 Å². The van der Waals surface area contributed by atoms with Gasteiger partial charge in [0.2, 0.25) is 5.91 Å². The fourth-order valence-corrected chi connectivity index (χ4v) is 4.07. The van der Waals surface area contributed by atoms with E-state index in [-0.39, 0.29) is 12.5 Å². The third-order valence-electron chi connectivity index (χ3n) is 5.56. The fraction of sp³-hybridized carbons (Fsp3) is 0.944. The van der Waals surface area contributed by atoms with Gasteiger partial charge in [0.15, 0.2) is 0 Å². The summed E-state index contributed by atoms with van der Waals surface area (Å²) in [6.45, 7) is 6.97. The summed E-state index contributed by atoms with van der Waals surface area (Å²) in [5, 5.41) is 12.2. The third kappa shape index (κ3) is 6.40. The molecule has 0 aromatic heterocycles. The van der Waals surface area contributed by atoms with Crippen molar-refractivity contribution in [3.05, 3.63) is 0 Å². The molecular weight excluding hydrogens is 290 g/mol. The Morgan fingerprint density at radius 3 is 2.57 bits per heavy atom. The van der Waals surface area contributed by atoms with E-state index in [2.05, 4.69) is 29.1 Å². The molecule has 1 heterocycles. The van der Waals surface area contributed by atoms with Crippen molar-refractivity contribution in [2.75, 3.05) is 46.4 Å². The van der Waals surface area contributed by atoms with Gasteiger partial charge < -0.3 is 15.3 Å². The molecule has 2 rings (SSSR count). The summed E-state index contributed by atoms with van der Waals surface area (Å²) in [7, 11) is 2.06. The first-order valence-corrected chi connectivity index (χ1v) is 9.39. The average Bonchev–Trinajstić information content (AvgIpc) is 2.51. The molecule has 5 nitrogen and oxygen atoms in total. The van der Waals surface area contributed by atoms with Crippen molar-refractivity contribution in [1.82, 2.24) is 15.1 Å². The van der Waals surface area contributed by atoms with E-state index in [0.717, 1.165) is 32.6 Å². The quantitative estimate of drug-likeness (QED) is 0.741. The second-order valence-corrected chi connectivity index (χ2v) is 7.64. The maximum absolute atomic E-state index is 12.3. The van der Waals surface area contributed by atoms with Gasteiger partial charge in [-0.3, -0.25) is 9.69 Å². The van der Waals surface area contributed by atoms with Gasteiger partial charge in [0.05, 0.1) is 13.2 Å². The average molecular weight is 325 g/mol. The number of β-amino-alcohol motifs (C(OH)–C–C–N with tert-alkyl or cyclic N) is 1. The van der Waals surface area contributed by atoms with Crippen LogP contribution in [0.5, 0.6) is 0 Å². The molecule has 5 heteroatoms. The summed E-state index contributed by atoms with van der Waals surface area (Å²) in [6, 6.07) is 0.381. The molecule has 1 amide bonds. The molecule has 0 bridgehead atoms. The third-order valence-corrected chi connectivity index (χ3v) is 5.56. The second kappa shape index (κ2) is 9.60. The van der Waals surface area contributed by atoms with E-state index in [4.69, 9.17) is 5.11 Å². The Hall–Kier alpha value is -0.650. The first-order valence-electron chi connectivity index (χ1n) is 9.39. The number of likely N-dealkylation sites (tertiary alicyclic amines) is 1. The van der Waals surface area contributed by atoms with Crippen LogP contribution >= 0.6 is 0 Å². The van der Waals surface area contributed by atoms with Gasteiger partial charge in [-0.1, -0.05) is 19.8 Å². The number of carbonyl (C=O) groups is 1. The highest BCUT2D eigenvalue weighted by atomic mass is 16.3. The maximum Gasteiger partial charge on any atom is 0.234 e. The summed E-state index contributed by atoms with van der Waals surface area (Å²) < 4.78 is 0. The van der Waals surface area contributed by atoms with Crippen molar-refractivity contribution >= 4 is 5.91 Å². The molecule has 2 aliphatic rings. The zero-order valence-electron chi connectivity index (χ0n) is 15.0. The number of amides is 1. The van der Waals surface area contributed by atoms with Gasteiger partial charge in [-0.05, 0) is 57.7 Å². The van der Waals surface area contributed by atoms with Crippen LogP contribution in [0, 0.1) is 11.8 Å². The molecule has 2 unspecified atom stereocenters. The summed E-state index contributed by atoms with van der Waals surface area (Å²) in [5.41, 5.74) is 0. The van der Waals surface area contributed by atoms with Crippen LogP contribution in [0.25, 0.3) is 0 Å². The molecule has 1 aliphatic heterocycles. The zero-order chi connectivity index (χ0) is 16.7. The predicted octanol–water partition coefficient (Wildman–Crippen LogP) is 1.32. The van der Waals surface area contributed by atoms with Crippen molar-refractivity contribution in [1.29, 1.82) is 0 Å². The van der Waals surface area contributed by atoms with Gasteiger partial charge in [-0.2, -0.15) is 0 Å². The zero-order valence-corrected chi connectivity index (χ0v) is 15.0. The van der Waals surface area contributed by atoms with Gasteiger partial charge in [0, 0.05) is 19.1 Å². The first-order chi connectivity index (χ1) is 11.1. The summed E-state index contributed by atoms with van der Waals surface area (Å²) in [4.78, 5) is 16.8. The molecule has 0 radical (unpaired) electrons. The van der Waals surface area contributed by atoms with Crippen molar-refractivity contribution in [3.63, 3.8) is 0 Å². The SMILES string of the molecule is CC1CCCCC1NC(=O)CN(C)CC1CCN(CCO)CC1. The lowest BCUT2D eigenvalue weighted by Gasteiger charge is -2.34. The molecule has 134 valence electrons. The number of carbonyl (C=O) groups excluding carboxylic acids is 1. The normalized spacial score (nSPS) is 27.3. The van der Waals surface area contributed by atoms with Crippen LogP contribution in [0.15, 0.2) is 0 Å². The highest BCUT2D eigenvalue weighted by Crippen LogP contribution is 2.23. The first kappa shape index (κ1) is 18.7. The van der Waals surface area contributed by atoms with Gasteiger partial charge in [0.25, 0.3) is 0 Å². The lowest BCUT2D eigenvalue weighted by molar-refractivity contribution is -0.123. The fourth-order valence-electron chi connectivity index (χ4n) is 4.07. The van der Waals surface area contributed by atoms with Crippen LogP contribution in [0.1, 0.15) is 45.4 Å². The van der Waals surface area contributed by atoms with Crippen LogP contribution < -0.4 is 5.32 Å². The number of aliphatic hydroxyl groups excluding tert-OH is 1. The minimum atomic E-state index is 0.184. The lowest BCUT2D eigenvalue weighted by Crippen LogP contribution is -2.46. The largest absolute Gasteiger partial charge is 0.395 e. The Morgan fingerprint density at radius 1 is 1.22 bits per heavy atom. The van der Waals surface area contributed by atoms with Crippen molar-refractivity contribution in [2.24, 2.45) is 11.8 Å². The standard InChI is InChI=1S/C18H35N3O2/c1-15-5-3-4-6-17(15)19-18(23)14-20(2)13-16-7-9-21(10-8-16)11-12-22/h15-17,22H,3-14H2,1-2H3,(H,19,23). The van der Waals surface area contributed by atoms with Gasteiger partial charge >= 0.3 is 0 Å². The van der Waals surface area contributed by atoms with E-state index >= 15 is 0 Å². The van der Waals surface area contributed by atoms with Crippen LogP contribution in [0.2, 0.25) is 0 Å². The molecule has 23 heavy (non-hydrogen) atoms. The Morgan fingerprint density at radius 2 is 1.91 bits per heavy atom. The molecule has 2 atom stereocenters. The molecule has 0 aromatic rings. The number of hydrogen-bond donors (Lipinski definition) is 2. The Labute approximate surface area is 141 Å². The molecule has 2 fully saturated rings. The number of hydrogen-bond acceptors (Lipinski definition) is 4. The summed E-state index contributed by atoms with van der Waals surface area (Å²) >= 11 is 0. The van der Waals surface area contributed by atoms with Gasteiger partial charge in [-0.15, -0.1) is 0 Å². The minimum absolute atomic E-state index is 0.184.